The zero-order valence-corrected chi connectivity index (χ0v) is 5.57. The summed E-state index contributed by atoms with van der Waals surface area (Å²) in [7, 11) is -0.210. The summed E-state index contributed by atoms with van der Waals surface area (Å²) in [5.74, 6) is 0. The van der Waals surface area contributed by atoms with Crippen LogP contribution in [0.5, 0.6) is 0 Å². The molecular weight excluding hydrogens is 124 g/mol. The van der Waals surface area contributed by atoms with Crippen LogP contribution in [0, 0.1) is 0 Å². The quantitative estimate of drug-likeness (QED) is 0.375. The maximum atomic E-state index is 4.28. The molecule has 3 aliphatic rings. The first-order valence-corrected chi connectivity index (χ1v) is 4.37. The molecule has 2 heteroatoms. The molecule has 3 aliphatic heterocycles. The van der Waals surface area contributed by atoms with E-state index in [2.05, 4.69) is 19.6 Å². The van der Waals surface area contributed by atoms with Gasteiger partial charge in [-0.25, -0.2) is 0 Å². The van der Waals surface area contributed by atoms with E-state index in [0.29, 0.717) is 0 Å². The highest BCUT2D eigenvalue weighted by atomic mass is 32.3. The van der Waals surface area contributed by atoms with Gasteiger partial charge in [0.05, 0.1) is 0 Å². The van der Waals surface area contributed by atoms with Crippen molar-refractivity contribution in [3.05, 3.63) is 19.0 Å². The summed E-state index contributed by atoms with van der Waals surface area (Å²) in [6, 6.07) is 0. The zero-order chi connectivity index (χ0) is 4.81. The first-order chi connectivity index (χ1) is 3.31. The largest absolute Gasteiger partial charge is 0.136 e. The number of hydrogen-bond donors (Lipinski definition) is 1. The molecule has 0 radical (unpaired) electrons. The lowest BCUT2D eigenvalue weighted by molar-refractivity contribution is 1.72. The third-order valence-electron chi connectivity index (χ3n) is 1.96. The molecule has 1 atom stereocenters. The van der Waals surface area contributed by atoms with Gasteiger partial charge in [-0.05, 0) is 11.8 Å². The van der Waals surface area contributed by atoms with Gasteiger partial charge >= 0.3 is 0 Å². The van der Waals surface area contributed by atoms with Gasteiger partial charge < -0.3 is 0 Å². The Morgan fingerprint density at radius 2 is 2.14 bits per heavy atom. The van der Waals surface area contributed by atoms with Gasteiger partial charge in [-0.2, -0.15) is 0 Å². The minimum Gasteiger partial charge on any atom is -0.136 e. The lowest BCUT2D eigenvalue weighted by Gasteiger charge is -1.84. The van der Waals surface area contributed by atoms with E-state index in [1.807, 2.05) is 0 Å². The van der Waals surface area contributed by atoms with Crippen molar-refractivity contribution in [2.75, 3.05) is 0 Å². The monoisotopic (exact) mass is 128 g/mol. The number of fused-ring (bicyclic) bond motifs is 1. The summed E-state index contributed by atoms with van der Waals surface area (Å²) >= 11 is 4.28. The smallest absolute Gasteiger partial charge is 0.0464 e. The highest BCUT2D eigenvalue weighted by Crippen LogP contribution is 3.17. The Labute approximate surface area is 49.0 Å². The zero-order valence-electron chi connectivity index (χ0n) is 3.86. The molecule has 0 N–H and O–H groups in total. The Balaban J connectivity index is 2.31. The van der Waals surface area contributed by atoms with Crippen LogP contribution in [0.2, 0.25) is 0 Å². The first kappa shape index (κ1) is 3.25. The lowest BCUT2D eigenvalue weighted by atomic mass is 10.5. The lowest BCUT2D eigenvalue weighted by Crippen LogP contribution is -1.43. The van der Waals surface area contributed by atoms with Gasteiger partial charge in [0.15, 0.2) is 0 Å². The van der Waals surface area contributed by atoms with Crippen molar-refractivity contribution in [3.8, 4) is 0 Å². The van der Waals surface area contributed by atoms with Crippen LogP contribution in [0.3, 0.4) is 0 Å². The van der Waals surface area contributed by atoms with Gasteiger partial charge in [0, 0.05) is 14.0 Å². The van der Waals surface area contributed by atoms with Crippen molar-refractivity contribution in [3.63, 3.8) is 0 Å². The van der Waals surface area contributed by atoms with Crippen molar-refractivity contribution < 1.29 is 0 Å². The van der Waals surface area contributed by atoms with Gasteiger partial charge in [0.1, 0.15) is 0 Å². The van der Waals surface area contributed by atoms with E-state index in [4.69, 9.17) is 0 Å². The fourth-order valence-corrected chi connectivity index (χ4v) is 5.93. The molecule has 0 aliphatic carbocycles. The van der Waals surface area contributed by atoms with E-state index in [1.165, 1.54) is 4.24 Å². The second-order valence-electron chi connectivity index (χ2n) is 2.13. The average Bonchev–Trinajstić information content (AvgIpc) is 2.44. The van der Waals surface area contributed by atoms with Crippen molar-refractivity contribution in [2.45, 2.75) is 6.92 Å². The summed E-state index contributed by atoms with van der Waals surface area (Å²) in [5.41, 5.74) is 0. The summed E-state index contributed by atoms with van der Waals surface area (Å²) in [5, 5.41) is 0. The van der Waals surface area contributed by atoms with E-state index in [0.717, 1.165) is 0 Å². The van der Waals surface area contributed by atoms with E-state index in [-0.39, 0.29) is 10.0 Å². The van der Waals surface area contributed by atoms with Crippen LogP contribution < -0.4 is 0 Å². The maximum Gasteiger partial charge on any atom is 0.0464 e. The number of hydrogen-bond acceptors (Lipinski definition) is 1. The van der Waals surface area contributed by atoms with Gasteiger partial charge in [0.2, 0.25) is 0 Å². The average molecular weight is 128 g/mol. The van der Waals surface area contributed by atoms with Crippen molar-refractivity contribution in [1.29, 1.82) is 0 Å². The molecule has 0 aromatic heterocycles. The molecule has 0 aromatic rings. The van der Waals surface area contributed by atoms with Crippen LogP contribution in [-0.2, 0) is 0 Å². The van der Waals surface area contributed by atoms with Crippen LogP contribution >= 0.6 is 22.7 Å². The molecule has 0 saturated carbocycles. The van der Waals surface area contributed by atoms with E-state index >= 15 is 0 Å². The van der Waals surface area contributed by atoms with Crippen LogP contribution in [-0.4, -0.2) is 0 Å². The number of thiol groups is 1. The van der Waals surface area contributed by atoms with E-state index < -0.39 is 0 Å². The molecule has 1 unspecified atom stereocenters. The molecule has 1 spiro atoms. The SMILES string of the molecule is CC1=C2C3=C(S)S123. The maximum absolute atomic E-state index is 4.28. The minimum atomic E-state index is -0.210. The van der Waals surface area contributed by atoms with Crippen LogP contribution in [0.1, 0.15) is 6.92 Å². The Morgan fingerprint density at radius 1 is 1.43 bits per heavy atom. The molecule has 36 valence electrons. The van der Waals surface area contributed by atoms with E-state index in [9.17, 15) is 0 Å². The molecule has 0 nitrogen and oxygen atoms in total. The van der Waals surface area contributed by atoms with Gasteiger partial charge in [0.25, 0.3) is 0 Å². The summed E-state index contributed by atoms with van der Waals surface area (Å²) < 4.78 is 1.44. The van der Waals surface area contributed by atoms with Crippen LogP contribution in [0.4, 0.5) is 0 Å². The highest BCUT2D eigenvalue weighted by Gasteiger charge is 2.81. The third-order valence-corrected chi connectivity index (χ3v) is 6.59. The van der Waals surface area contributed by atoms with Crippen LogP contribution in [0.15, 0.2) is 19.0 Å². The second-order valence-corrected chi connectivity index (χ2v) is 5.94. The molecule has 1 fully saturated rings. The van der Waals surface area contributed by atoms with Crippen molar-refractivity contribution in [2.24, 2.45) is 0 Å². The molecular formula is C5H4S2. The minimum absolute atomic E-state index is 0.210. The Kier molecular flexibility index (Phi) is 0.233. The fourth-order valence-electron chi connectivity index (χ4n) is 1.31. The predicted molar refractivity (Wildman–Crippen MR) is 36.3 cm³/mol. The van der Waals surface area contributed by atoms with Gasteiger partial charge in [-0.15, -0.1) is 22.7 Å². The predicted octanol–water partition coefficient (Wildman–Crippen LogP) is 2.16. The molecule has 0 aromatic carbocycles. The topological polar surface area (TPSA) is 0 Å². The summed E-state index contributed by atoms with van der Waals surface area (Å²) in [6.45, 7) is 2.23. The van der Waals surface area contributed by atoms with E-state index in [1.54, 1.807) is 14.7 Å². The first-order valence-electron chi connectivity index (χ1n) is 2.29. The molecule has 1 saturated heterocycles. The normalized spacial score (nSPS) is 58.0. The Morgan fingerprint density at radius 3 is 2.14 bits per heavy atom. The van der Waals surface area contributed by atoms with Crippen LogP contribution in [0.25, 0.3) is 0 Å². The van der Waals surface area contributed by atoms with Crippen molar-refractivity contribution >= 4 is 22.7 Å². The summed E-state index contributed by atoms with van der Waals surface area (Å²) in [6.07, 6.45) is 0. The molecule has 0 amide bonds. The third kappa shape index (κ3) is 0.119. The number of allylic oxidation sites excluding steroid dienone is 1. The molecule has 0 bridgehead atoms. The second kappa shape index (κ2) is 0.502. The number of rotatable bonds is 0. The van der Waals surface area contributed by atoms with Gasteiger partial charge in [-0.3, -0.25) is 0 Å². The molecule has 3 heterocycles. The standard InChI is InChI=1S/C5H4S2/c1-2-3-4-5(6)7(2,3)4/h6H,1H3. The Hall–Kier alpha value is 0.180. The van der Waals surface area contributed by atoms with Gasteiger partial charge in [-0.1, -0.05) is 0 Å². The summed E-state index contributed by atoms with van der Waals surface area (Å²) in [4.78, 5) is 5.05. The van der Waals surface area contributed by atoms with Crippen molar-refractivity contribution in [1.82, 2.24) is 0 Å². The highest BCUT2D eigenvalue weighted by molar-refractivity contribution is 8.68. The molecule has 3 rings (SSSR count). The fraction of sp³-hybridized carbons (Fsp3) is 0.200. The molecule has 7 heavy (non-hydrogen) atoms. The Bertz CT molecular complexity index is 229.